The van der Waals surface area contributed by atoms with E-state index in [0.29, 0.717) is 5.92 Å². The van der Waals surface area contributed by atoms with Crippen molar-refractivity contribution in [3.05, 3.63) is 40.5 Å². The van der Waals surface area contributed by atoms with Gasteiger partial charge in [0.2, 0.25) is 0 Å². The van der Waals surface area contributed by atoms with Gasteiger partial charge in [0.25, 0.3) is 0 Å². The molecular formula is C17H18N2OS. The molecule has 0 bridgehead atoms. The molecule has 21 heavy (non-hydrogen) atoms. The van der Waals surface area contributed by atoms with Crippen LogP contribution in [0.1, 0.15) is 25.0 Å². The smallest absolute Gasteiger partial charge is 0.168 e. The zero-order chi connectivity index (χ0) is 14.6. The lowest BCUT2D eigenvalue weighted by atomic mass is 10.0. The highest BCUT2D eigenvalue weighted by Crippen LogP contribution is 2.45. The van der Waals surface area contributed by atoms with Crippen molar-refractivity contribution in [1.29, 1.82) is 0 Å². The first-order chi connectivity index (χ1) is 10.1. The molecule has 2 aliphatic heterocycles. The molecule has 0 N–H and O–H groups in total. The van der Waals surface area contributed by atoms with E-state index in [1.807, 2.05) is 18.0 Å². The predicted molar refractivity (Wildman–Crippen MR) is 89.3 cm³/mol. The number of fused-ring (bicyclic) bond motifs is 2. The number of rotatable bonds is 2. The fraction of sp³-hybridized carbons (Fsp3) is 0.353. The number of aliphatic imine (C=N–C) groups is 1. The lowest BCUT2D eigenvalue weighted by Gasteiger charge is -2.18. The average molecular weight is 298 g/mol. The Bertz CT molecular complexity index is 785. The second-order valence-electron chi connectivity index (χ2n) is 5.92. The molecule has 3 heterocycles. The highest BCUT2D eigenvalue weighted by Gasteiger charge is 2.34. The Morgan fingerprint density at radius 3 is 3.00 bits per heavy atom. The van der Waals surface area contributed by atoms with Crippen molar-refractivity contribution >= 4 is 33.6 Å². The number of hydrogen-bond donors (Lipinski definition) is 0. The minimum absolute atomic E-state index is 0.513. The number of allylic oxidation sites excluding steroid dienone is 1. The third-order valence-electron chi connectivity index (χ3n) is 4.07. The lowest BCUT2D eigenvalue weighted by Crippen LogP contribution is -2.20. The Balaban J connectivity index is 1.90. The summed E-state index contributed by atoms with van der Waals surface area (Å²) in [6.07, 6.45) is 1.83. The van der Waals surface area contributed by atoms with E-state index in [0.717, 1.165) is 23.8 Å². The summed E-state index contributed by atoms with van der Waals surface area (Å²) in [5.74, 6) is 0.513. The van der Waals surface area contributed by atoms with Crippen molar-refractivity contribution in [2.75, 3.05) is 13.1 Å². The summed E-state index contributed by atoms with van der Waals surface area (Å²) in [4.78, 5) is 8.42. The first-order valence-corrected chi connectivity index (χ1v) is 8.19. The maximum atomic E-state index is 5.57. The Morgan fingerprint density at radius 1 is 1.33 bits per heavy atom. The van der Waals surface area contributed by atoms with E-state index < -0.39 is 0 Å². The molecular weight excluding hydrogens is 280 g/mol. The average Bonchev–Trinajstić information content (AvgIpc) is 3.12. The summed E-state index contributed by atoms with van der Waals surface area (Å²) >= 11 is 1.84. The Hall–Kier alpha value is -1.68. The van der Waals surface area contributed by atoms with Crippen LogP contribution in [0.3, 0.4) is 0 Å². The van der Waals surface area contributed by atoms with Crippen LogP contribution >= 0.6 is 11.8 Å². The van der Waals surface area contributed by atoms with Gasteiger partial charge in [-0.05, 0) is 42.2 Å². The summed E-state index contributed by atoms with van der Waals surface area (Å²) in [5.41, 5.74) is 4.77. The molecule has 0 saturated carbocycles. The van der Waals surface area contributed by atoms with Crippen molar-refractivity contribution in [2.24, 2.45) is 10.9 Å². The molecule has 0 saturated heterocycles. The molecule has 0 atom stereocenters. The Kier molecular flexibility index (Phi) is 2.89. The molecule has 0 radical (unpaired) electrons. The van der Waals surface area contributed by atoms with Gasteiger partial charge in [-0.15, -0.1) is 0 Å². The minimum atomic E-state index is 0.513. The highest BCUT2D eigenvalue weighted by molar-refractivity contribution is 8.17. The summed E-state index contributed by atoms with van der Waals surface area (Å²) in [5, 5.41) is 2.37. The van der Waals surface area contributed by atoms with Crippen molar-refractivity contribution in [3.63, 3.8) is 0 Å². The van der Waals surface area contributed by atoms with Crippen LogP contribution in [-0.4, -0.2) is 23.2 Å². The van der Waals surface area contributed by atoms with Gasteiger partial charge in [-0.25, -0.2) is 0 Å². The minimum Gasteiger partial charge on any atom is -0.464 e. The van der Waals surface area contributed by atoms with E-state index in [4.69, 9.17) is 4.42 Å². The van der Waals surface area contributed by atoms with Crippen LogP contribution in [0.2, 0.25) is 0 Å². The molecule has 1 aromatic heterocycles. The molecule has 0 amide bonds. The molecule has 0 aliphatic carbocycles. The zero-order valence-corrected chi connectivity index (χ0v) is 13.3. The predicted octanol–water partition coefficient (Wildman–Crippen LogP) is 4.48. The van der Waals surface area contributed by atoms with Gasteiger partial charge < -0.3 is 9.32 Å². The molecule has 4 heteroatoms. The van der Waals surface area contributed by atoms with Crippen LogP contribution in [0.15, 0.2) is 38.8 Å². The molecule has 3 nitrogen and oxygen atoms in total. The van der Waals surface area contributed by atoms with E-state index >= 15 is 0 Å². The van der Waals surface area contributed by atoms with Crippen LogP contribution in [0, 0.1) is 12.8 Å². The van der Waals surface area contributed by atoms with Crippen LogP contribution in [0.5, 0.6) is 0 Å². The van der Waals surface area contributed by atoms with Gasteiger partial charge in [-0.3, -0.25) is 4.99 Å². The van der Waals surface area contributed by atoms with Crippen LogP contribution in [0.25, 0.3) is 16.7 Å². The van der Waals surface area contributed by atoms with Gasteiger partial charge in [0.15, 0.2) is 5.17 Å². The van der Waals surface area contributed by atoms with Crippen molar-refractivity contribution in [1.82, 2.24) is 4.90 Å². The summed E-state index contributed by atoms with van der Waals surface area (Å²) in [7, 11) is 0. The van der Waals surface area contributed by atoms with Gasteiger partial charge in [-0.1, -0.05) is 25.6 Å². The van der Waals surface area contributed by atoms with Crippen LogP contribution in [0.4, 0.5) is 0 Å². The van der Waals surface area contributed by atoms with E-state index in [9.17, 15) is 0 Å². The molecule has 0 fully saturated rings. The van der Waals surface area contributed by atoms with Gasteiger partial charge in [-0.2, -0.15) is 0 Å². The number of hydrogen-bond acceptors (Lipinski definition) is 4. The maximum absolute atomic E-state index is 5.57. The number of furan rings is 1. The van der Waals surface area contributed by atoms with Crippen LogP contribution in [-0.2, 0) is 0 Å². The van der Waals surface area contributed by atoms with Crippen LogP contribution < -0.4 is 0 Å². The summed E-state index contributed by atoms with van der Waals surface area (Å²) in [6, 6.07) is 6.51. The second kappa shape index (κ2) is 4.67. The Morgan fingerprint density at radius 2 is 2.19 bits per heavy atom. The molecule has 1 aromatic carbocycles. The summed E-state index contributed by atoms with van der Waals surface area (Å²) in [6.45, 7) is 8.51. The molecule has 0 unspecified atom stereocenters. The fourth-order valence-corrected chi connectivity index (χ4v) is 4.20. The first-order valence-electron chi connectivity index (χ1n) is 7.37. The van der Waals surface area contributed by atoms with E-state index in [2.05, 4.69) is 48.9 Å². The molecule has 4 rings (SSSR count). The zero-order valence-electron chi connectivity index (χ0n) is 12.5. The number of amidine groups is 1. The molecule has 108 valence electrons. The Labute approximate surface area is 128 Å². The van der Waals surface area contributed by atoms with Gasteiger partial charge in [0.1, 0.15) is 5.58 Å². The number of benzene rings is 1. The highest BCUT2D eigenvalue weighted by atomic mass is 32.2. The second-order valence-corrected chi connectivity index (χ2v) is 6.92. The SMILES string of the molecule is Cc1coc2ccc(C3=C(C(C)C)SC4=NCCN43)cc12. The van der Waals surface area contributed by atoms with Gasteiger partial charge in [0, 0.05) is 16.8 Å². The fourth-order valence-electron chi connectivity index (χ4n) is 2.99. The largest absolute Gasteiger partial charge is 0.464 e. The standard InChI is InChI=1S/C17H18N2OS/c1-10(2)16-15(19-7-6-18-17(19)21-16)12-4-5-14-13(8-12)11(3)9-20-14/h4-5,8-10H,6-7H2,1-3H3. The van der Waals surface area contributed by atoms with Crippen molar-refractivity contribution < 1.29 is 4.42 Å². The van der Waals surface area contributed by atoms with Crippen molar-refractivity contribution in [3.8, 4) is 0 Å². The molecule has 2 aromatic rings. The van der Waals surface area contributed by atoms with E-state index in [-0.39, 0.29) is 0 Å². The lowest BCUT2D eigenvalue weighted by molar-refractivity contribution is 0.613. The van der Waals surface area contributed by atoms with E-state index in [1.165, 1.54) is 27.1 Å². The molecule has 0 spiro atoms. The quantitative estimate of drug-likeness (QED) is 0.818. The van der Waals surface area contributed by atoms with E-state index in [1.54, 1.807) is 0 Å². The monoisotopic (exact) mass is 298 g/mol. The molecule has 2 aliphatic rings. The summed E-state index contributed by atoms with van der Waals surface area (Å²) < 4.78 is 5.57. The maximum Gasteiger partial charge on any atom is 0.168 e. The van der Waals surface area contributed by atoms with Crippen molar-refractivity contribution in [2.45, 2.75) is 20.8 Å². The third-order valence-corrected chi connectivity index (χ3v) is 5.49. The normalized spacial score (nSPS) is 18.1. The number of aryl methyl sites for hydroxylation is 1. The first kappa shape index (κ1) is 13.0. The van der Waals surface area contributed by atoms with Gasteiger partial charge >= 0.3 is 0 Å². The number of thioether (sulfide) groups is 1. The third kappa shape index (κ3) is 1.93. The number of nitrogens with zero attached hydrogens (tertiary/aromatic N) is 2. The topological polar surface area (TPSA) is 28.7 Å². The van der Waals surface area contributed by atoms with Gasteiger partial charge in [0.05, 0.1) is 18.5 Å².